The molecular weight excluding hydrogens is 314 g/mol. The monoisotopic (exact) mass is 337 g/mol. The van der Waals surface area contributed by atoms with Crippen molar-refractivity contribution in [1.82, 2.24) is 9.88 Å². The number of aliphatic hydroxyl groups excluding tert-OH is 1. The Morgan fingerprint density at radius 2 is 2.08 bits per heavy atom. The maximum absolute atomic E-state index is 13.0. The summed E-state index contributed by atoms with van der Waals surface area (Å²) >= 11 is 0. The molecule has 0 saturated carbocycles. The molecule has 4 rings (SSSR count). The number of nitrogens with zero attached hydrogens (tertiary/aromatic N) is 3. The number of hydrogen-bond donors (Lipinski definition) is 1. The van der Waals surface area contributed by atoms with E-state index in [0.717, 1.165) is 37.2 Å². The van der Waals surface area contributed by atoms with Crippen molar-refractivity contribution in [2.45, 2.75) is 38.5 Å². The molecule has 0 spiro atoms. The van der Waals surface area contributed by atoms with Crippen LogP contribution in [0.25, 0.3) is 0 Å². The molecule has 0 unspecified atom stereocenters. The molecule has 1 amide bonds. The van der Waals surface area contributed by atoms with Gasteiger partial charge in [-0.15, -0.1) is 0 Å². The summed E-state index contributed by atoms with van der Waals surface area (Å²) in [4.78, 5) is 21.9. The van der Waals surface area contributed by atoms with E-state index in [1.165, 1.54) is 5.69 Å². The lowest BCUT2D eigenvalue weighted by Gasteiger charge is -2.27. The zero-order valence-corrected chi connectivity index (χ0v) is 14.4. The normalized spacial score (nSPS) is 20.6. The molecule has 2 aliphatic heterocycles. The van der Waals surface area contributed by atoms with Crippen LogP contribution in [0.5, 0.6) is 0 Å². The summed E-state index contributed by atoms with van der Waals surface area (Å²) < 4.78 is 0. The van der Waals surface area contributed by atoms with Crippen LogP contribution in [0.2, 0.25) is 0 Å². The molecule has 1 fully saturated rings. The zero-order chi connectivity index (χ0) is 17.4. The van der Waals surface area contributed by atoms with Crippen molar-refractivity contribution in [1.29, 1.82) is 0 Å². The van der Waals surface area contributed by atoms with Crippen LogP contribution in [0.15, 0.2) is 42.6 Å². The minimum absolute atomic E-state index is 0.0301. The first-order valence-electron chi connectivity index (χ1n) is 8.91. The summed E-state index contributed by atoms with van der Waals surface area (Å²) in [6.07, 6.45) is 3.55. The number of aromatic nitrogens is 1. The van der Waals surface area contributed by atoms with Gasteiger partial charge in [-0.3, -0.25) is 9.78 Å². The molecule has 130 valence electrons. The van der Waals surface area contributed by atoms with E-state index in [1.807, 2.05) is 23.1 Å². The Hall–Kier alpha value is -2.40. The van der Waals surface area contributed by atoms with E-state index in [-0.39, 0.29) is 5.91 Å². The van der Waals surface area contributed by atoms with Gasteiger partial charge < -0.3 is 14.9 Å². The second kappa shape index (κ2) is 6.48. The molecule has 5 nitrogen and oxygen atoms in total. The van der Waals surface area contributed by atoms with Gasteiger partial charge in [-0.1, -0.05) is 12.1 Å². The van der Waals surface area contributed by atoms with Gasteiger partial charge in [0.2, 0.25) is 0 Å². The number of aliphatic hydroxyl groups is 1. The average Bonchev–Trinajstić information content (AvgIpc) is 3.03. The van der Waals surface area contributed by atoms with Gasteiger partial charge in [0.25, 0.3) is 5.91 Å². The summed E-state index contributed by atoms with van der Waals surface area (Å²) in [5, 5.41) is 9.64. The lowest BCUT2D eigenvalue weighted by molar-refractivity contribution is 0.0736. The quantitative estimate of drug-likeness (QED) is 0.915. The molecule has 0 bridgehead atoms. The highest BCUT2D eigenvalue weighted by Gasteiger charge is 2.33. The highest BCUT2D eigenvalue weighted by atomic mass is 16.3. The van der Waals surface area contributed by atoms with Crippen molar-refractivity contribution >= 4 is 11.6 Å². The first kappa shape index (κ1) is 16.1. The fraction of sp³-hybridized carbons (Fsp3) is 0.400. The molecule has 5 heteroatoms. The Balaban J connectivity index is 1.63. The third-order valence-electron chi connectivity index (χ3n) is 5.25. The maximum Gasteiger partial charge on any atom is 0.254 e. The molecule has 1 N–H and O–H groups in total. The highest BCUT2D eigenvalue weighted by molar-refractivity contribution is 5.94. The number of anilines is 1. The zero-order valence-electron chi connectivity index (χ0n) is 14.4. The first-order chi connectivity index (χ1) is 12.1. The Morgan fingerprint density at radius 1 is 1.28 bits per heavy atom. The van der Waals surface area contributed by atoms with Crippen LogP contribution in [0.1, 0.15) is 47.5 Å². The van der Waals surface area contributed by atoms with Crippen LogP contribution in [0.4, 0.5) is 5.69 Å². The van der Waals surface area contributed by atoms with Crippen molar-refractivity contribution in [3.05, 3.63) is 59.4 Å². The topological polar surface area (TPSA) is 56.7 Å². The fourth-order valence-corrected chi connectivity index (χ4v) is 3.90. The van der Waals surface area contributed by atoms with Gasteiger partial charge in [-0.2, -0.15) is 0 Å². The summed E-state index contributed by atoms with van der Waals surface area (Å²) in [6, 6.07) is 11.7. The number of amides is 1. The Bertz CT molecular complexity index is 773. The molecule has 0 aliphatic carbocycles. The molecular formula is C20H23N3O2. The smallest absolute Gasteiger partial charge is 0.254 e. The molecule has 1 aromatic carbocycles. The van der Waals surface area contributed by atoms with Crippen molar-refractivity contribution in [2.24, 2.45) is 0 Å². The van der Waals surface area contributed by atoms with Crippen LogP contribution in [0, 0.1) is 0 Å². The second-order valence-corrected chi connectivity index (χ2v) is 6.94. The molecule has 3 heterocycles. The lowest BCUT2D eigenvalue weighted by atomic mass is 10.1. The molecule has 25 heavy (non-hydrogen) atoms. The molecule has 1 saturated heterocycles. The molecule has 2 atom stereocenters. The summed E-state index contributed by atoms with van der Waals surface area (Å²) in [6.45, 7) is 4.03. The summed E-state index contributed by atoms with van der Waals surface area (Å²) in [5.41, 5.74) is 3.63. The van der Waals surface area contributed by atoms with E-state index in [1.54, 1.807) is 25.3 Å². The molecule has 0 radical (unpaired) electrons. The van der Waals surface area contributed by atoms with Crippen molar-refractivity contribution in [3.63, 3.8) is 0 Å². The number of hydrogen-bond acceptors (Lipinski definition) is 4. The molecule has 2 aliphatic rings. The fourth-order valence-electron chi connectivity index (χ4n) is 3.90. The van der Waals surface area contributed by atoms with Gasteiger partial charge in [0.05, 0.1) is 24.0 Å². The van der Waals surface area contributed by atoms with Gasteiger partial charge in [-0.05, 0) is 49.6 Å². The Kier molecular flexibility index (Phi) is 4.17. The maximum atomic E-state index is 13.0. The van der Waals surface area contributed by atoms with Gasteiger partial charge >= 0.3 is 0 Å². The van der Waals surface area contributed by atoms with Gasteiger partial charge in [-0.25, -0.2) is 0 Å². The number of fused-ring (bicyclic) bond motifs is 3. The number of rotatable bonds is 2. The van der Waals surface area contributed by atoms with E-state index in [0.29, 0.717) is 18.2 Å². The number of pyridine rings is 1. The van der Waals surface area contributed by atoms with E-state index in [2.05, 4.69) is 16.0 Å². The lowest BCUT2D eigenvalue weighted by Crippen LogP contribution is -2.40. The van der Waals surface area contributed by atoms with Gasteiger partial charge in [0.1, 0.15) is 0 Å². The highest BCUT2D eigenvalue weighted by Crippen LogP contribution is 2.32. The largest absolute Gasteiger partial charge is 0.389 e. The van der Waals surface area contributed by atoms with E-state index >= 15 is 0 Å². The molecule has 1 aromatic heterocycles. The number of carbonyl (C=O) groups is 1. The van der Waals surface area contributed by atoms with Crippen LogP contribution in [-0.2, 0) is 6.54 Å². The van der Waals surface area contributed by atoms with Crippen molar-refractivity contribution in [2.75, 3.05) is 18.0 Å². The Labute approximate surface area is 147 Å². The molecule has 2 aromatic rings. The second-order valence-electron chi connectivity index (χ2n) is 6.94. The van der Waals surface area contributed by atoms with Crippen molar-refractivity contribution in [3.8, 4) is 0 Å². The third kappa shape index (κ3) is 3.00. The van der Waals surface area contributed by atoms with E-state index in [4.69, 9.17) is 0 Å². The third-order valence-corrected chi connectivity index (χ3v) is 5.25. The first-order valence-corrected chi connectivity index (χ1v) is 8.91. The van der Waals surface area contributed by atoms with Crippen LogP contribution in [0.3, 0.4) is 0 Å². The number of benzene rings is 1. The van der Waals surface area contributed by atoms with Gasteiger partial charge in [0.15, 0.2) is 0 Å². The van der Waals surface area contributed by atoms with E-state index < -0.39 is 6.10 Å². The SMILES string of the molecule is C[C@@H](O)c1ccc(C(=O)N2Cc3ncccc3N3CCC[C@H]3C2)cc1. The predicted octanol–water partition coefficient (Wildman–Crippen LogP) is 2.76. The van der Waals surface area contributed by atoms with E-state index in [9.17, 15) is 9.90 Å². The van der Waals surface area contributed by atoms with Crippen LogP contribution in [-0.4, -0.2) is 40.0 Å². The predicted molar refractivity (Wildman–Crippen MR) is 96.4 cm³/mol. The summed E-state index contributed by atoms with van der Waals surface area (Å²) in [7, 11) is 0. The number of carbonyl (C=O) groups excluding carboxylic acids is 1. The standard InChI is InChI=1S/C20H23N3O2/c1-14(24)15-6-8-16(9-7-15)20(25)22-12-17-4-3-11-23(17)19-5-2-10-21-18(19)13-22/h2,5-10,14,17,24H,3-4,11-13H2,1H3/t14-,17+/m1/s1. The van der Waals surface area contributed by atoms with Crippen LogP contribution < -0.4 is 4.90 Å². The Morgan fingerprint density at radius 3 is 2.84 bits per heavy atom. The van der Waals surface area contributed by atoms with Gasteiger partial charge in [0, 0.05) is 30.9 Å². The van der Waals surface area contributed by atoms with Crippen molar-refractivity contribution < 1.29 is 9.90 Å². The van der Waals surface area contributed by atoms with Crippen LogP contribution >= 0.6 is 0 Å². The minimum Gasteiger partial charge on any atom is -0.389 e. The average molecular weight is 337 g/mol. The minimum atomic E-state index is -0.523. The summed E-state index contributed by atoms with van der Waals surface area (Å²) in [5.74, 6) is 0.0301.